The molecule has 2 aromatic carbocycles. The molecule has 8 nitrogen and oxygen atoms in total. The maximum atomic E-state index is 14.0. The number of sulfonamides is 1. The Bertz CT molecular complexity index is 1260. The third-order valence-corrected chi connectivity index (χ3v) is 11.7. The van der Waals surface area contributed by atoms with Gasteiger partial charge in [-0.25, -0.2) is 13.2 Å². The number of amides is 1. The van der Waals surface area contributed by atoms with Crippen molar-refractivity contribution >= 4 is 27.7 Å². The predicted molar refractivity (Wildman–Crippen MR) is 166 cm³/mol. The smallest absolute Gasteiger partial charge is 0.409 e. The predicted octanol–water partition coefficient (Wildman–Crippen LogP) is 5.12. The van der Waals surface area contributed by atoms with Crippen molar-refractivity contribution in [2.24, 2.45) is 0 Å². The lowest BCUT2D eigenvalue weighted by atomic mass is 9.94. The van der Waals surface area contributed by atoms with Gasteiger partial charge in [-0.05, 0) is 102 Å². The third-order valence-electron chi connectivity index (χ3n) is 9.46. The first-order valence-corrected chi connectivity index (χ1v) is 17.2. The van der Waals surface area contributed by atoms with Crippen molar-refractivity contribution in [2.45, 2.75) is 80.4 Å². The van der Waals surface area contributed by atoms with E-state index in [4.69, 9.17) is 16.3 Å². The standard InChI is InChI=1S/C32H45ClN4O4S/c1-34-19-15-27(16-20-34)35(2)28-17-21-36(22-18-28)32(38)41-24-30-10-6-9-29(23-25-7-4-3-5-8-25)37(30)42(39,40)31-13-11-26(33)12-14-31/h3-5,7-8,11-14,27-30H,6,9-10,15-24H2,1-2H3/t29-,30+/m0/s1. The van der Waals surface area contributed by atoms with Crippen LogP contribution < -0.4 is 0 Å². The number of ether oxygens (including phenoxy) is 1. The number of carbonyl (C=O) groups excluding carboxylic acids is 1. The van der Waals surface area contributed by atoms with Crippen molar-refractivity contribution in [1.29, 1.82) is 0 Å². The molecule has 3 heterocycles. The number of rotatable bonds is 8. The first-order valence-electron chi connectivity index (χ1n) is 15.4. The monoisotopic (exact) mass is 616 g/mol. The number of hydrogen-bond donors (Lipinski definition) is 0. The summed E-state index contributed by atoms with van der Waals surface area (Å²) in [5.74, 6) is 0. The zero-order valence-corrected chi connectivity index (χ0v) is 26.5. The summed E-state index contributed by atoms with van der Waals surface area (Å²) in [4.78, 5) is 20.1. The number of hydrogen-bond acceptors (Lipinski definition) is 6. The molecule has 0 aromatic heterocycles. The summed E-state index contributed by atoms with van der Waals surface area (Å²) in [7, 11) is 0.580. The molecule has 3 saturated heterocycles. The third kappa shape index (κ3) is 7.48. The van der Waals surface area contributed by atoms with Gasteiger partial charge in [-0.3, -0.25) is 0 Å². The molecule has 2 atom stereocenters. The lowest BCUT2D eigenvalue weighted by Crippen LogP contribution is -2.53. The van der Waals surface area contributed by atoms with E-state index in [2.05, 4.69) is 23.9 Å². The first kappa shape index (κ1) is 31.3. The van der Waals surface area contributed by atoms with Crippen molar-refractivity contribution in [1.82, 2.24) is 19.0 Å². The van der Waals surface area contributed by atoms with Gasteiger partial charge in [0.05, 0.1) is 10.9 Å². The SMILES string of the molecule is CN1CCC(N(C)C2CCN(C(=O)OC[C@H]3CCC[C@@H](Cc4ccccc4)N3S(=O)(=O)c3ccc(Cl)cc3)CC2)CC1. The molecule has 2 aromatic rings. The number of piperidine rings is 3. The summed E-state index contributed by atoms with van der Waals surface area (Å²) in [6, 6.07) is 16.7. The van der Waals surface area contributed by atoms with Crippen LogP contribution in [0.1, 0.15) is 50.5 Å². The van der Waals surface area contributed by atoms with Crippen LogP contribution in [0.15, 0.2) is 59.5 Å². The fourth-order valence-electron chi connectivity index (χ4n) is 6.91. The van der Waals surface area contributed by atoms with E-state index in [9.17, 15) is 13.2 Å². The summed E-state index contributed by atoms with van der Waals surface area (Å²) in [6.45, 7) is 3.64. The first-order chi connectivity index (χ1) is 20.2. The summed E-state index contributed by atoms with van der Waals surface area (Å²) >= 11 is 6.07. The van der Waals surface area contributed by atoms with E-state index in [1.54, 1.807) is 33.5 Å². The number of nitrogens with zero attached hydrogens (tertiary/aromatic N) is 4. The summed E-state index contributed by atoms with van der Waals surface area (Å²) in [6.07, 6.45) is 6.78. The Morgan fingerprint density at radius 3 is 2.12 bits per heavy atom. The maximum Gasteiger partial charge on any atom is 0.409 e. The van der Waals surface area contributed by atoms with Crippen LogP contribution in [0.2, 0.25) is 5.02 Å². The van der Waals surface area contributed by atoms with E-state index in [0.717, 1.165) is 44.3 Å². The molecule has 0 N–H and O–H groups in total. The fourth-order valence-corrected chi connectivity index (χ4v) is 8.89. The highest BCUT2D eigenvalue weighted by Crippen LogP contribution is 2.33. The van der Waals surface area contributed by atoms with E-state index in [0.29, 0.717) is 43.0 Å². The van der Waals surface area contributed by atoms with Crippen LogP contribution in [0.25, 0.3) is 0 Å². The van der Waals surface area contributed by atoms with Crippen molar-refractivity contribution < 1.29 is 17.9 Å². The normalized spacial score (nSPS) is 23.8. The zero-order chi connectivity index (χ0) is 29.7. The minimum Gasteiger partial charge on any atom is -0.448 e. The lowest BCUT2D eigenvalue weighted by Gasteiger charge is -2.43. The molecular weight excluding hydrogens is 572 g/mol. The summed E-state index contributed by atoms with van der Waals surface area (Å²) in [5, 5.41) is 0.486. The Labute approximate surface area is 256 Å². The van der Waals surface area contributed by atoms with Gasteiger partial charge in [-0.2, -0.15) is 4.31 Å². The topological polar surface area (TPSA) is 73.4 Å². The van der Waals surface area contributed by atoms with E-state index in [-0.39, 0.29) is 23.6 Å². The number of carbonyl (C=O) groups is 1. The van der Waals surface area contributed by atoms with Gasteiger partial charge in [-0.15, -0.1) is 0 Å². The second-order valence-corrected chi connectivity index (χ2v) is 14.5. The average molecular weight is 617 g/mol. The van der Waals surface area contributed by atoms with E-state index >= 15 is 0 Å². The average Bonchev–Trinajstić information content (AvgIpc) is 3.00. The molecule has 5 rings (SSSR count). The summed E-state index contributed by atoms with van der Waals surface area (Å²) < 4.78 is 35.5. The minimum atomic E-state index is -3.84. The quantitative estimate of drug-likeness (QED) is 0.410. The molecule has 10 heteroatoms. The summed E-state index contributed by atoms with van der Waals surface area (Å²) in [5.41, 5.74) is 1.09. The van der Waals surface area contributed by atoms with Crippen molar-refractivity contribution in [3.63, 3.8) is 0 Å². The fraction of sp³-hybridized carbons (Fsp3) is 0.594. The van der Waals surface area contributed by atoms with Crippen molar-refractivity contribution in [2.75, 3.05) is 46.9 Å². The Morgan fingerprint density at radius 1 is 0.881 bits per heavy atom. The van der Waals surface area contributed by atoms with Gasteiger partial charge >= 0.3 is 6.09 Å². The van der Waals surface area contributed by atoms with Crippen LogP contribution >= 0.6 is 11.6 Å². The molecule has 0 aliphatic carbocycles. The Balaban J connectivity index is 1.23. The molecule has 0 bridgehead atoms. The van der Waals surface area contributed by atoms with Crippen LogP contribution in [0.3, 0.4) is 0 Å². The van der Waals surface area contributed by atoms with Gasteiger partial charge in [0.15, 0.2) is 0 Å². The second-order valence-electron chi connectivity index (χ2n) is 12.2. The zero-order valence-electron chi connectivity index (χ0n) is 24.9. The Morgan fingerprint density at radius 2 is 1.48 bits per heavy atom. The van der Waals surface area contributed by atoms with Crippen LogP contribution in [0.5, 0.6) is 0 Å². The Kier molecular flexibility index (Phi) is 10.5. The van der Waals surface area contributed by atoms with Gasteiger partial charge in [0.2, 0.25) is 10.0 Å². The molecule has 0 spiro atoms. The van der Waals surface area contributed by atoms with Gasteiger partial charge in [0.1, 0.15) is 6.61 Å². The molecule has 230 valence electrons. The molecule has 0 radical (unpaired) electrons. The van der Waals surface area contributed by atoms with Crippen LogP contribution in [-0.2, 0) is 21.2 Å². The van der Waals surface area contributed by atoms with Crippen LogP contribution in [0, 0.1) is 0 Å². The molecule has 42 heavy (non-hydrogen) atoms. The van der Waals surface area contributed by atoms with Crippen LogP contribution in [-0.4, -0.2) is 105 Å². The Hall–Kier alpha value is -2.17. The van der Waals surface area contributed by atoms with E-state index in [1.807, 2.05) is 30.3 Å². The van der Waals surface area contributed by atoms with Crippen molar-refractivity contribution in [3.05, 3.63) is 65.2 Å². The highest BCUT2D eigenvalue weighted by Gasteiger charge is 2.41. The van der Waals surface area contributed by atoms with Gasteiger partial charge in [-0.1, -0.05) is 48.4 Å². The van der Waals surface area contributed by atoms with Gasteiger partial charge in [0, 0.05) is 36.2 Å². The maximum absolute atomic E-state index is 14.0. The van der Waals surface area contributed by atoms with Crippen LogP contribution in [0.4, 0.5) is 4.79 Å². The minimum absolute atomic E-state index is 0.0480. The second kappa shape index (κ2) is 14.1. The molecular formula is C32H45ClN4O4S. The van der Waals surface area contributed by atoms with Gasteiger partial charge < -0.3 is 19.4 Å². The lowest BCUT2D eigenvalue weighted by molar-refractivity contribution is 0.0394. The van der Waals surface area contributed by atoms with Gasteiger partial charge in [0.25, 0.3) is 0 Å². The highest BCUT2D eigenvalue weighted by molar-refractivity contribution is 7.89. The molecule has 3 aliphatic rings. The number of halogens is 1. The largest absolute Gasteiger partial charge is 0.448 e. The molecule has 0 saturated carbocycles. The molecule has 3 fully saturated rings. The van der Waals surface area contributed by atoms with Crippen molar-refractivity contribution in [3.8, 4) is 0 Å². The van der Waals surface area contributed by atoms with E-state index < -0.39 is 16.1 Å². The molecule has 3 aliphatic heterocycles. The highest BCUT2D eigenvalue weighted by atomic mass is 35.5. The molecule has 0 unspecified atom stereocenters. The number of likely N-dealkylation sites (tertiary alicyclic amines) is 2. The number of benzene rings is 2. The van der Waals surface area contributed by atoms with E-state index in [1.165, 1.54) is 12.8 Å². The molecule has 1 amide bonds.